The van der Waals surface area contributed by atoms with E-state index in [9.17, 15) is 4.79 Å². The van der Waals surface area contributed by atoms with Gasteiger partial charge in [-0.3, -0.25) is 4.79 Å². The third-order valence-corrected chi connectivity index (χ3v) is 5.17. The van der Waals surface area contributed by atoms with Crippen molar-refractivity contribution in [3.63, 3.8) is 0 Å². The number of Topliss-reactive ketones (excluding diaryl/α,β-unsaturated/α-hetero) is 1. The number of rotatable bonds is 3. The molecule has 0 saturated carbocycles. The lowest BCUT2D eigenvalue weighted by atomic mass is 9.89. The summed E-state index contributed by atoms with van der Waals surface area (Å²) < 4.78 is 1.84. The molecule has 140 valence electrons. The fraction of sp³-hybridized carbons (Fsp3) is 0.429. The molecule has 6 heteroatoms. The van der Waals surface area contributed by atoms with Crippen LogP contribution in [0, 0.1) is 5.92 Å². The molecule has 3 aromatic rings. The zero-order valence-corrected chi connectivity index (χ0v) is 16.1. The summed E-state index contributed by atoms with van der Waals surface area (Å²) in [5.74, 6) is 2.12. The van der Waals surface area contributed by atoms with E-state index < -0.39 is 0 Å². The highest BCUT2D eigenvalue weighted by Gasteiger charge is 2.27. The van der Waals surface area contributed by atoms with Gasteiger partial charge in [0.05, 0.1) is 0 Å². The topological polar surface area (TPSA) is 63.4 Å². The average molecular weight is 363 g/mol. The molecule has 0 bridgehead atoms. The zero-order chi connectivity index (χ0) is 19.0. The molecule has 3 heterocycles. The van der Waals surface area contributed by atoms with E-state index in [1.807, 2.05) is 47.0 Å². The summed E-state index contributed by atoms with van der Waals surface area (Å²) in [7, 11) is 0. The Bertz CT molecular complexity index is 950. The molecule has 6 nitrogen and oxygen atoms in total. The van der Waals surface area contributed by atoms with E-state index in [0.717, 1.165) is 48.8 Å². The van der Waals surface area contributed by atoms with Crippen LogP contribution in [0.3, 0.4) is 0 Å². The molecule has 1 aliphatic rings. The molecule has 0 spiro atoms. The van der Waals surface area contributed by atoms with Crippen molar-refractivity contribution in [1.82, 2.24) is 19.8 Å². The molecule has 0 aliphatic carbocycles. The Labute approximate surface area is 159 Å². The average Bonchev–Trinajstić information content (AvgIpc) is 3.12. The number of hydrogen-bond donors (Lipinski definition) is 0. The van der Waals surface area contributed by atoms with Crippen LogP contribution in [0.4, 0.5) is 5.82 Å². The SMILES string of the molecule is CC(C)(C)c1nnc2ccc(N3CCC(C(=O)c4ccccc4)CC3)nn12. The summed E-state index contributed by atoms with van der Waals surface area (Å²) >= 11 is 0. The van der Waals surface area contributed by atoms with Crippen molar-refractivity contribution in [2.75, 3.05) is 18.0 Å². The number of hydrogen-bond acceptors (Lipinski definition) is 5. The van der Waals surface area contributed by atoms with Crippen molar-refractivity contribution in [3.8, 4) is 0 Å². The van der Waals surface area contributed by atoms with Crippen LogP contribution in [-0.4, -0.2) is 38.7 Å². The molecule has 1 aliphatic heterocycles. The van der Waals surface area contributed by atoms with Crippen LogP contribution in [0.2, 0.25) is 0 Å². The van der Waals surface area contributed by atoms with Crippen molar-refractivity contribution in [3.05, 3.63) is 53.9 Å². The van der Waals surface area contributed by atoms with E-state index in [2.05, 4.69) is 35.9 Å². The third-order valence-electron chi connectivity index (χ3n) is 5.17. The maximum atomic E-state index is 12.7. The molecule has 0 unspecified atom stereocenters. The standard InChI is InChI=1S/C21H25N5O/c1-21(2,3)20-23-22-17-9-10-18(24-26(17)20)25-13-11-16(12-14-25)19(27)15-7-5-4-6-8-15/h4-10,16H,11-14H2,1-3H3. The van der Waals surface area contributed by atoms with E-state index in [1.165, 1.54) is 0 Å². The van der Waals surface area contributed by atoms with Crippen LogP contribution in [0.1, 0.15) is 49.8 Å². The molecule has 1 fully saturated rings. The van der Waals surface area contributed by atoms with Gasteiger partial charge in [-0.2, -0.15) is 4.52 Å². The van der Waals surface area contributed by atoms with Gasteiger partial charge >= 0.3 is 0 Å². The van der Waals surface area contributed by atoms with Crippen molar-refractivity contribution in [2.24, 2.45) is 5.92 Å². The lowest BCUT2D eigenvalue weighted by molar-refractivity contribution is 0.0900. The van der Waals surface area contributed by atoms with Crippen molar-refractivity contribution in [2.45, 2.75) is 39.0 Å². The molecule has 0 N–H and O–H groups in total. The van der Waals surface area contributed by atoms with Gasteiger partial charge in [-0.15, -0.1) is 15.3 Å². The lowest BCUT2D eigenvalue weighted by Crippen LogP contribution is -2.37. The second-order valence-corrected chi connectivity index (χ2v) is 8.23. The highest BCUT2D eigenvalue weighted by atomic mass is 16.1. The van der Waals surface area contributed by atoms with Gasteiger partial charge in [0.2, 0.25) is 0 Å². The van der Waals surface area contributed by atoms with Gasteiger partial charge in [0.25, 0.3) is 0 Å². The summed E-state index contributed by atoms with van der Waals surface area (Å²) in [4.78, 5) is 14.9. The van der Waals surface area contributed by atoms with E-state index in [-0.39, 0.29) is 17.1 Å². The second-order valence-electron chi connectivity index (χ2n) is 8.23. The fourth-order valence-electron chi connectivity index (χ4n) is 3.62. The number of carbonyl (C=O) groups excluding carboxylic acids is 1. The summed E-state index contributed by atoms with van der Waals surface area (Å²) in [5, 5.41) is 13.3. The molecule has 0 amide bonds. The Balaban J connectivity index is 1.50. The van der Waals surface area contributed by atoms with E-state index >= 15 is 0 Å². The predicted molar refractivity (Wildman–Crippen MR) is 105 cm³/mol. The van der Waals surface area contributed by atoms with Crippen molar-refractivity contribution in [1.29, 1.82) is 0 Å². The number of anilines is 1. The Kier molecular flexibility index (Phi) is 4.42. The summed E-state index contributed by atoms with van der Waals surface area (Å²) in [6.07, 6.45) is 1.70. The van der Waals surface area contributed by atoms with Crippen LogP contribution in [0.5, 0.6) is 0 Å². The van der Waals surface area contributed by atoms with Gasteiger partial charge in [0, 0.05) is 30.0 Å². The van der Waals surface area contributed by atoms with Crippen LogP contribution in [0.25, 0.3) is 5.65 Å². The monoisotopic (exact) mass is 363 g/mol. The number of carbonyl (C=O) groups is 1. The van der Waals surface area contributed by atoms with Gasteiger partial charge in [0.1, 0.15) is 5.82 Å². The van der Waals surface area contributed by atoms with Crippen molar-refractivity contribution >= 4 is 17.2 Å². The molecule has 0 atom stereocenters. The molecule has 1 saturated heterocycles. The second kappa shape index (κ2) is 6.76. The van der Waals surface area contributed by atoms with E-state index in [0.29, 0.717) is 0 Å². The molecular weight excluding hydrogens is 338 g/mol. The van der Waals surface area contributed by atoms with Gasteiger partial charge in [-0.1, -0.05) is 51.1 Å². The molecule has 4 rings (SSSR count). The first-order chi connectivity index (χ1) is 12.9. The summed E-state index contributed by atoms with van der Waals surface area (Å²) in [5.41, 5.74) is 1.45. The zero-order valence-electron chi connectivity index (χ0n) is 16.1. The Morgan fingerprint density at radius 2 is 1.70 bits per heavy atom. The first-order valence-electron chi connectivity index (χ1n) is 9.50. The number of ketones is 1. The third kappa shape index (κ3) is 3.44. The lowest BCUT2D eigenvalue weighted by Gasteiger charge is -2.32. The largest absolute Gasteiger partial charge is 0.355 e. The minimum atomic E-state index is -0.125. The van der Waals surface area contributed by atoms with Crippen LogP contribution in [0.15, 0.2) is 42.5 Å². The minimum absolute atomic E-state index is 0.0902. The summed E-state index contributed by atoms with van der Waals surface area (Å²) in [6, 6.07) is 13.6. The molecule has 27 heavy (non-hydrogen) atoms. The van der Waals surface area contributed by atoms with E-state index in [1.54, 1.807) is 0 Å². The first-order valence-corrected chi connectivity index (χ1v) is 9.50. The molecule has 2 aromatic heterocycles. The number of benzene rings is 1. The Hall–Kier alpha value is -2.76. The quantitative estimate of drug-likeness (QED) is 0.666. The van der Waals surface area contributed by atoms with Crippen molar-refractivity contribution < 1.29 is 4.79 Å². The summed E-state index contributed by atoms with van der Waals surface area (Å²) in [6.45, 7) is 7.99. The Morgan fingerprint density at radius 3 is 2.37 bits per heavy atom. The minimum Gasteiger partial charge on any atom is -0.355 e. The smallest absolute Gasteiger partial charge is 0.178 e. The number of piperidine rings is 1. The van der Waals surface area contributed by atoms with E-state index in [4.69, 9.17) is 5.10 Å². The van der Waals surface area contributed by atoms with Crippen LogP contribution < -0.4 is 4.90 Å². The molecular formula is C21H25N5O. The Morgan fingerprint density at radius 1 is 1.00 bits per heavy atom. The predicted octanol–water partition coefficient (Wildman–Crippen LogP) is 3.52. The van der Waals surface area contributed by atoms with Crippen LogP contribution >= 0.6 is 0 Å². The van der Waals surface area contributed by atoms with Gasteiger partial charge < -0.3 is 4.90 Å². The van der Waals surface area contributed by atoms with Crippen LogP contribution in [-0.2, 0) is 5.41 Å². The molecule has 1 aromatic carbocycles. The maximum Gasteiger partial charge on any atom is 0.178 e. The number of aromatic nitrogens is 4. The molecule has 0 radical (unpaired) electrons. The fourth-order valence-corrected chi connectivity index (χ4v) is 3.62. The van der Waals surface area contributed by atoms with Gasteiger partial charge in [-0.25, -0.2) is 0 Å². The normalized spacial score (nSPS) is 16.0. The first kappa shape index (κ1) is 17.6. The number of fused-ring (bicyclic) bond motifs is 1. The maximum absolute atomic E-state index is 12.7. The van der Waals surface area contributed by atoms with Gasteiger partial charge in [0.15, 0.2) is 17.3 Å². The highest BCUT2D eigenvalue weighted by Crippen LogP contribution is 2.26. The number of nitrogens with zero attached hydrogens (tertiary/aromatic N) is 5. The highest BCUT2D eigenvalue weighted by molar-refractivity contribution is 5.97. The van der Waals surface area contributed by atoms with Gasteiger partial charge in [-0.05, 0) is 25.0 Å².